The summed E-state index contributed by atoms with van der Waals surface area (Å²) in [6, 6.07) is 0. The van der Waals surface area contributed by atoms with E-state index in [9.17, 15) is 0 Å². The van der Waals surface area contributed by atoms with Gasteiger partial charge in [0.1, 0.15) is 10.8 Å². The van der Waals surface area contributed by atoms with Crippen LogP contribution in [0, 0.1) is 5.92 Å². The molecule has 0 aromatic carbocycles. The Balaban J connectivity index is 2.74. The summed E-state index contributed by atoms with van der Waals surface area (Å²) in [5.74, 6) is 0.506. The highest BCUT2D eigenvalue weighted by atomic mass is 15.1. The van der Waals surface area contributed by atoms with Gasteiger partial charge < -0.3 is 0 Å². The number of hydrogen-bond acceptors (Lipinski definition) is 1. The van der Waals surface area contributed by atoms with Crippen LogP contribution in [0.2, 0.25) is 0 Å². The molecule has 0 N–H and O–H groups in total. The Bertz CT molecular complexity index is 205. The van der Waals surface area contributed by atoms with Gasteiger partial charge in [-0.1, -0.05) is 13.8 Å². The first-order chi connectivity index (χ1) is 4.20. The highest BCUT2D eigenvalue weighted by Gasteiger charge is 2.15. The minimum atomic E-state index is 0.506. The predicted octanol–water partition coefficient (Wildman–Crippen LogP) is 1.66. The molecule has 0 amide bonds. The third-order valence-electron chi connectivity index (χ3n) is 1.27. The first-order valence-corrected chi connectivity index (χ1v) is 3.17. The van der Waals surface area contributed by atoms with E-state index in [-0.39, 0.29) is 0 Å². The maximum Gasteiger partial charge on any atom is 0.341 e. The van der Waals surface area contributed by atoms with Crippen LogP contribution in [0.4, 0.5) is 0 Å². The number of rotatable bonds is 1. The van der Waals surface area contributed by atoms with E-state index in [1.807, 2.05) is 13.0 Å². The third-order valence-corrected chi connectivity index (χ3v) is 1.27. The lowest BCUT2D eigenvalue weighted by Gasteiger charge is -1.91. The zero-order valence-corrected chi connectivity index (χ0v) is 6.05. The Morgan fingerprint density at radius 1 is 1.56 bits per heavy atom. The van der Waals surface area contributed by atoms with Crippen molar-refractivity contribution >= 4 is 5.71 Å². The molecule has 1 heterocycles. The Labute approximate surface area is 55.0 Å². The summed E-state index contributed by atoms with van der Waals surface area (Å²) < 4.78 is 0. The molecule has 0 bridgehead atoms. The van der Waals surface area contributed by atoms with Gasteiger partial charge in [-0.25, -0.2) is 0 Å². The molecule has 0 fully saturated rings. The van der Waals surface area contributed by atoms with Crippen molar-refractivity contribution in [3.05, 3.63) is 11.8 Å². The fourth-order valence-corrected chi connectivity index (χ4v) is 0.690. The van der Waals surface area contributed by atoms with E-state index < -0.39 is 0 Å². The molecule has 0 unspecified atom stereocenters. The van der Waals surface area contributed by atoms with Gasteiger partial charge in [0, 0.05) is 12.8 Å². The first-order valence-electron chi connectivity index (χ1n) is 3.17. The molecule has 0 aromatic rings. The van der Waals surface area contributed by atoms with Gasteiger partial charge in [0.2, 0.25) is 0 Å². The van der Waals surface area contributed by atoms with Crippen molar-refractivity contribution in [3.8, 4) is 0 Å². The van der Waals surface area contributed by atoms with Crippen LogP contribution in [0.3, 0.4) is 0 Å². The maximum atomic E-state index is 3.97. The monoisotopic (exact) mass is 123 g/mol. The average Bonchev–Trinajstić information content (AvgIpc) is 2.14. The average molecular weight is 123 g/mol. The maximum absolute atomic E-state index is 3.97. The van der Waals surface area contributed by atoms with Crippen molar-refractivity contribution in [2.24, 2.45) is 11.0 Å². The minimum Gasteiger partial charge on any atom is -0.0569 e. The molecule has 0 spiro atoms. The number of allylic oxidation sites excluding steroid dienone is 2. The van der Waals surface area contributed by atoms with Crippen LogP contribution in [-0.2, 0) is 0 Å². The standard InChI is InChI=1S/C7H11N2/c1-5(2)7-4-6(3)8-9-7/h4-5H,1-3H3/q+1. The van der Waals surface area contributed by atoms with E-state index in [1.54, 1.807) is 0 Å². The van der Waals surface area contributed by atoms with Crippen molar-refractivity contribution in [2.45, 2.75) is 20.8 Å². The SMILES string of the molecule is CC1=[N+]=NC(C(C)C)=C1. The highest BCUT2D eigenvalue weighted by molar-refractivity contribution is 5.89. The smallest absolute Gasteiger partial charge is 0.0569 e. The van der Waals surface area contributed by atoms with E-state index >= 15 is 0 Å². The number of hydrogen-bond donors (Lipinski definition) is 0. The van der Waals surface area contributed by atoms with Gasteiger partial charge in [-0.05, 0) is 0 Å². The van der Waals surface area contributed by atoms with E-state index in [0.29, 0.717) is 5.92 Å². The molecule has 1 aliphatic heterocycles. The summed E-state index contributed by atoms with van der Waals surface area (Å²) >= 11 is 0. The fourth-order valence-electron chi connectivity index (χ4n) is 0.690. The lowest BCUT2D eigenvalue weighted by atomic mass is 10.1. The summed E-state index contributed by atoms with van der Waals surface area (Å²) in [7, 11) is 0. The predicted molar refractivity (Wildman–Crippen MR) is 36.3 cm³/mol. The molecule has 0 saturated heterocycles. The first kappa shape index (κ1) is 6.24. The van der Waals surface area contributed by atoms with E-state index in [4.69, 9.17) is 0 Å². The lowest BCUT2D eigenvalue weighted by molar-refractivity contribution is -0.0774. The molecule has 2 heteroatoms. The zero-order valence-electron chi connectivity index (χ0n) is 6.05. The second-order valence-corrected chi connectivity index (χ2v) is 2.57. The molecule has 0 aliphatic carbocycles. The highest BCUT2D eigenvalue weighted by Crippen LogP contribution is 2.11. The van der Waals surface area contributed by atoms with Gasteiger partial charge in [0.05, 0.1) is 10.9 Å². The second kappa shape index (κ2) is 2.16. The molecule has 1 aliphatic rings. The van der Waals surface area contributed by atoms with Gasteiger partial charge in [-0.15, -0.1) is 0 Å². The quantitative estimate of drug-likeness (QED) is 0.474. The van der Waals surface area contributed by atoms with Crippen molar-refractivity contribution in [3.63, 3.8) is 0 Å². The summed E-state index contributed by atoms with van der Waals surface area (Å²) in [5.41, 5.74) is 2.10. The van der Waals surface area contributed by atoms with Crippen molar-refractivity contribution < 1.29 is 4.79 Å². The summed E-state index contributed by atoms with van der Waals surface area (Å²) in [5, 5.41) is 3.97. The van der Waals surface area contributed by atoms with Crippen molar-refractivity contribution in [1.29, 1.82) is 0 Å². The van der Waals surface area contributed by atoms with E-state index in [0.717, 1.165) is 11.4 Å². The Kier molecular flexibility index (Phi) is 1.50. The van der Waals surface area contributed by atoms with Gasteiger partial charge in [-0.2, -0.15) is 0 Å². The molecule has 2 nitrogen and oxygen atoms in total. The van der Waals surface area contributed by atoms with Crippen LogP contribution in [0.5, 0.6) is 0 Å². The van der Waals surface area contributed by atoms with Crippen LogP contribution in [0.25, 0.3) is 0 Å². The molecule has 0 atom stereocenters. The molecule has 0 aromatic heterocycles. The van der Waals surface area contributed by atoms with Crippen LogP contribution in [-0.4, -0.2) is 10.5 Å². The van der Waals surface area contributed by atoms with Crippen LogP contribution < -0.4 is 0 Å². The van der Waals surface area contributed by atoms with Gasteiger partial charge in [0.15, 0.2) is 0 Å². The lowest BCUT2D eigenvalue weighted by Crippen LogP contribution is -1.88. The van der Waals surface area contributed by atoms with Crippen molar-refractivity contribution in [2.75, 3.05) is 0 Å². The van der Waals surface area contributed by atoms with E-state index in [1.165, 1.54) is 0 Å². The van der Waals surface area contributed by atoms with Crippen LogP contribution in [0.15, 0.2) is 16.9 Å². The zero-order chi connectivity index (χ0) is 6.85. The molecular formula is C7H11N2+. The topological polar surface area (TPSA) is 26.5 Å². The summed E-state index contributed by atoms with van der Waals surface area (Å²) in [6.45, 7) is 6.19. The normalized spacial score (nSPS) is 16.4. The molecule has 0 saturated carbocycles. The Morgan fingerprint density at radius 2 is 2.22 bits per heavy atom. The number of nitrogens with zero attached hydrogens (tertiary/aromatic N) is 2. The van der Waals surface area contributed by atoms with E-state index in [2.05, 4.69) is 23.8 Å². The fraction of sp³-hybridized carbons (Fsp3) is 0.571. The Morgan fingerprint density at radius 3 is 2.44 bits per heavy atom. The van der Waals surface area contributed by atoms with Gasteiger partial charge >= 0.3 is 5.71 Å². The summed E-state index contributed by atoms with van der Waals surface area (Å²) in [4.78, 5) is 3.89. The van der Waals surface area contributed by atoms with Crippen LogP contribution in [0.1, 0.15) is 20.8 Å². The molecule has 48 valence electrons. The Hall–Kier alpha value is -0.880. The minimum absolute atomic E-state index is 0.506. The largest absolute Gasteiger partial charge is 0.341 e. The van der Waals surface area contributed by atoms with Crippen molar-refractivity contribution in [1.82, 2.24) is 0 Å². The van der Waals surface area contributed by atoms with Gasteiger partial charge in [-0.3, -0.25) is 0 Å². The third kappa shape index (κ3) is 1.27. The molecular weight excluding hydrogens is 112 g/mol. The summed E-state index contributed by atoms with van der Waals surface area (Å²) in [6.07, 6.45) is 2.02. The van der Waals surface area contributed by atoms with Crippen LogP contribution >= 0.6 is 0 Å². The molecule has 9 heavy (non-hydrogen) atoms. The second-order valence-electron chi connectivity index (χ2n) is 2.57. The van der Waals surface area contributed by atoms with Gasteiger partial charge in [0.25, 0.3) is 0 Å². The molecule has 1 rings (SSSR count). The molecule has 0 radical (unpaired) electrons.